The SMILES string of the molecule is Nc1sc(-c2ccc(Cl)cc2)c(CN(C2CCCCC2)C2CCCCC2)c1C(=O)c1ccc(Cl)cc1. The number of thiophene rings is 1. The third-order valence-corrected chi connectivity index (χ3v) is 9.52. The minimum absolute atomic E-state index is 0.0251. The van der Waals surface area contributed by atoms with Crippen LogP contribution in [0, 0.1) is 0 Å². The number of carbonyl (C=O) groups is 1. The van der Waals surface area contributed by atoms with Crippen molar-refractivity contribution in [3.05, 3.63) is 75.3 Å². The van der Waals surface area contributed by atoms with E-state index in [1.54, 1.807) is 24.3 Å². The van der Waals surface area contributed by atoms with Crippen LogP contribution in [0.4, 0.5) is 5.00 Å². The maximum Gasteiger partial charge on any atom is 0.196 e. The summed E-state index contributed by atoms with van der Waals surface area (Å²) in [5.74, 6) is -0.0251. The van der Waals surface area contributed by atoms with E-state index in [9.17, 15) is 4.79 Å². The second-order valence-electron chi connectivity index (χ2n) is 10.2. The van der Waals surface area contributed by atoms with Crippen LogP contribution in [0.25, 0.3) is 10.4 Å². The number of hydrogen-bond donors (Lipinski definition) is 1. The molecule has 0 spiro atoms. The molecular formula is C30H34Cl2N2OS. The van der Waals surface area contributed by atoms with Gasteiger partial charge in [0.05, 0.1) is 10.6 Å². The van der Waals surface area contributed by atoms with Crippen LogP contribution in [0.5, 0.6) is 0 Å². The lowest BCUT2D eigenvalue weighted by Gasteiger charge is -2.42. The summed E-state index contributed by atoms with van der Waals surface area (Å²) >= 11 is 13.8. The van der Waals surface area contributed by atoms with Crippen molar-refractivity contribution in [2.24, 2.45) is 0 Å². The summed E-state index contributed by atoms with van der Waals surface area (Å²) in [6.07, 6.45) is 12.8. The summed E-state index contributed by atoms with van der Waals surface area (Å²) in [5.41, 5.74) is 10.0. The van der Waals surface area contributed by atoms with Crippen LogP contribution in [-0.4, -0.2) is 22.8 Å². The minimum atomic E-state index is -0.0251. The quantitative estimate of drug-likeness (QED) is 0.304. The zero-order valence-corrected chi connectivity index (χ0v) is 23.0. The molecule has 6 heteroatoms. The van der Waals surface area contributed by atoms with Gasteiger partial charge in [0.25, 0.3) is 0 Å². The van der Waals surface area contributed by atoms with Gasteiger partial charge in [0.2, 0.25) is 0 Å². The van der Waals surface area contributed by atoms with Crippen LogP contribution >= 0.6 is 34.5 Å². The Morgan fingerprint density at radius 3 is 1.83 bits per heavy atom. The Morgan fingerprint density at radius 1 is 0.806 bits per heavy atom. The van der Waals surface area contributed by atoms with Crippen LogP contribution in [0.3, 0.4) is 0 Å². The smallest absolute Gasteiger partial charge is 0.196 e. The van der Waals surface area contributed by atoms with Crippen molar-refractivity contribution in [3.8, 4) is 10.4 Å². The Bertz CT molecular complexity index is 1160. The van der Waals surface area contributed by atoms with Crippen molar-refractivity contribution < 1.29 is 4.79 Å². The summed E-state index contributed by atoms with van der Waals surface area (Å²) in [7, 11) is 0. The van der Waals surface area contributed by atoms with Crippen molar-refractivity contribution in [3.63, 3.8) is 0 Å². The molecule has 2 aromatic carbocycles. The molecule has 2 aliphatic rings. The molecule has 2 N–H and O–H groups in total. The molecule has 0 bridgehead atoms. The van der Waals surface area contributed by atoms with Crippen molar-refractivity contribution in [2.75, 3.05) is 5.73 Å². The Labute approximate surface area is 228 Å². The summed E-state index contributed by atoms with van der Waals surface area (Å²) in [4.78, 5) is 17.7. The lowest BCUT2D eigenvalue weighted by Crippen LogP contribution is -2.44. The molecule has 1 aromatic heterocycles. The van der Waals surface area contributed by atoms with Crippen LogP contribution in [-0.2, 0) is 6.54 Å². The summed E-state index contributed by atoms with van der Waals surface area (Å²) < 4.78 is 0. The fourth-order valence-corrected chi connectivity index (χ4v) is 7.36. The second-order valence-corrected chi connectivity index (χ2v) is 12.2. The summed E-state index contributed by atoms with van der Waals surface area (Å²) in [5, 5.41) is 1.91. The number of nitrogen functional groups attached to an aromatic ring is 1. The Balaban J connectivity index is 1.59. The van der Waals surface area contributed by atoms with Crippen LogP contribution in [0.2, 0.25) is 10.0 Å². The highest BCUT2D eigenvalue weighted by Crippen LogP contribution is 2.42. The van der Waals surface area contributed by atoms with Gasteiger partial charge in [-0.25, -0.2) is 0 Å². The Morgan fingerprint density at radius 2 is 1.31 bits per heavy atom. The lowest BCUT2D eigenvalue weighted by atomic mass is 9.87. The number of nitrogens with zero attached hydrogens (tertiary/aromatic N) is 1. The number of benzene rings is 2. The van der Waals surface area contributed by atoms with Gasteiger partial charge in [-0.3, -0.25) is 9.69 Å². The van der Waals surface area contributed by atoms with Gasteiger partial charge in [0.1, 0.15) is 0 Å². The van der Waals surface area contributed by atoms with E-state index in [1.807, 2.05) is 24.3 Å². The normalized spacial score (nSPS) is 17.5. The van der Waals surface area contributed by atoms with Gasteiger partial charge in [-0.1, -0.05) is 73.9 Å². The fourth-order valence-electron chi connectivity index (χ4n) is 6.03. The molecule has 2 saturated carbocycles. The van der Waals surface area contributed by atoms with Gasteiger partial charge >= 0.3 is 0 Å². The fraction of sp³-hybridized carbons (Fsp3) is 0.433. The monoisotopic (exact) mass is 540 g/mol. The largest absolute Gasteiger partial charge is 0.390 e. The number of ketones is 1. The van der Waals surface area contributed by atoms with Gasteiger partial charge < -0.3 is 5.73 Å². The van der Waals surface area contributed by atoms with E-state index < -0.39 is 0 Å². The standard InChI is InChI=1S/C30H34Cl2N2OS/c31-22-15-11-20(12-16-22)28(35)27-26(29(36-30(27)33)21-13-17-23(32)18-14-21)19-34(24-7-3-1-4-8-24)25-9-5-2-6-10-25/h11-18,24-25H,1-10,19,33H2. The van der Waals surface area contributed by atoms with Gasteiger partial charge in [0.15, 0.2) is 5.78 Å². The van der Waals surface area contributed by atoms with Gasteiger partial charge in [-0.15, -0.1) is 11.3 Å². The molecule has 0 unspecified atom stereocenters. The molecule has 5 rings (SSSR count). The third-order valence-electron chi connectivity index (χ3n) is 7.90. The van der Waals surface area contributed by atoms with Crippen LogP contribution < -0.4 is 5.73 Å². The highest BCUT2D eigenvalue weighted by molar-refractivity contribution is 7.20. The number of nitrogens with two attached hydrogens (primary N) is 1. The van der Waals surface area contributed by atoms with E-state index in [4.69, 9.17) is 28.9 Å². The van der Waals surface area contributed by atoms with Crippen molar-refractivity contribution in [1.29, 1.82) is 0 Å². The number of carbonyl (C=O) groups excluding carboxylic acids is 1. The van der Waals surface area contributed by atoms with E-state index in [0.717, 1.165) is 22.5 Å². The number of rotatable bonds is 7. The van der Waals surface area contributed by atoms with E-state index in [0.29, 0.717) is 38.3 Å². The first-order valence-corrected chi connectivity index (χ1v) is 14.8. The van der Waals surface area contributed by atoms with E-state index >= 15 is 0 Å². The summed E-state index contributed by atoms with van der Waals surface area (Å²) in [6, 6.07) is 16.2. The first kappa shape index (κ1) is 25.8. The highest BCUT2D eigenvalue weighted by atomic mass is 35.5. The Kier molecular flexibility index (Phi) is 8.37. The van der Waals surface area contributed by atoms with Gasteiger partial charge in [0, 0.05) is 39.1 Å². The van der Waals surface area contributed by atoms with E-state index in [-0.39, 0.29) is 5.78 Å². The zero-order chi connectivity index (χ0) is 25.1. The molecule has 1 heterocycles. The van der Waals surface area contributed by atoms with E-state index in [2.05, 4.69) is 4.90 Å². The second kappa shape index (κ2) is 11.7. The first-order valence-electron chi connectivity index (χ1n) is 13.2. The molecule has 0 atom stereocenters. The summed E-state index contributed by atoms with van der Waals surface area (Å²) in [6.45, 7) is 0.760. The number of anilines is 1. The van der Waals surface area contributed by atoms with E-state index in [1.165, 1.54) is 75.5 Å². The zero-order valence-electron chi connectivity index (χ0n) is 20.6. The molecule has 0 aliphatic heterocycles. The molecule has 2 aliphatic carbocycles. The van der Waals surface area contributed by atoms with Crippen molar-refractivity contribution in [1.82, 2.24) is 4.90 Å². The molecule has 3 nitrogen and oxygen atoms in total. The average molecular weight is 542 g/mol. The molecule has 0 amide bonds. The molecule has 3 aromatic rings. The van der Waals surface area contributed by atoms with Gasteiger partial charge in [-0.05, 0) is 73.2 Å². The van der Waals surface area contributed by atoms with Crippen molar-refractivity contribution in [2.45, 2.75) is 82.8 Å². The predicted octanol–water partition coefficient (Wildman–Crippen LogP) is 9.00. The Hall–Kier alpha value is -1.85. The molecular weight excluding hydrogens is 507 g/mol. The third kappa shape index (κ3) is 5.67. The van der Waals surface area contributed by atoms with Crippen molar-refractivity contribution >= 4 is 45.3 Å². The highest BCUT2D eigenvalue weighted by Gasteiger charge is 2.32. The number of hydrogen-bond acceptors (Lipinski definition) is 4. The number of halogens is 2. The molecule has 36 heavy (non-hydrogen) atoms. The molecule has 190 valence electrons. The van der Waals surface area contributed by atoms with Crippen LogP contribution in [0.15, 0.2) is 48.5 Å². The molecule has 0 saturated heterocycles. The maximum atomic E-state index is 13.9. The first-order chi connectivity index (χ1) is 17.5. The van der Waals surface area contributed by atoms with Gasteiger partial charge in [-0.2, -0.15) is 0 Å². The lowest BCUT2D eigenvalue weighted by molar-refractivity contribution is 0.0728. The van der Waals surface area contributed by atoms with Crippen LogP contribution in [0.1, 0.15) is 85.7 Å². The molecule has 2 fully saturated rings. The average Bonchev–Trinajstić information content (AvgIpc) is 3.24. The molecule has 0 radical (unpaired) electrons. The maximum absolute atomic E-state index is 13.9. The topological polar surface area (TPSA) is 46.3 Å². The minimum Gasteiger partial charge on any atom is -0.390 e. The predicted molar refractivity (Wildman–Crippen MR) is 153 cm³/mol.